The van der Waals surface area contributed by atoms with Crippen molar-refractivity contribution in [3.63, 3.8) is 0 Å². The molecule has 3 fully saturated rings. The van der Waals surface area contributed by atoms with Crippen LogP contribution in [0, 0.1) is 0 Å². The van der Waals surface area contributed by atoms with Gasteiger partial charge in [0.05, 0.1) is 13.6 Å². The molecule has 29 heavy (non-hydrogen) atoms. The molecule has 7 heteroatoms. The predicted octanol–water partition coefficient (Wildman–Crippen LogP) is 1.98. The molecule has 1 aromatic carbocycles. The van der Waals surface area contributed by atoms with Gasteiger partial charge in [-0.2, -0.15) is 0 Å². The number of carbonyl (C=O) groups is 2. The minimum absolute atomic E-state index is 0.117. The first-order valence-electron chi connectivity index (χ1n) is 10.6. The van der Waals surface area contributed by atoms with E-state index in [1.54, 1.807) is 20.8 Å². The zero-order valence-corrected chi connectivity index (χ0v) is 18.3. The second-order valence-corrected chi connectivity index (χ2v) is 9.88. The van der Waals surface area contributed by atoms with Crippen LogP contribution >= 0.6 is 0 Å². The standard InChI is InChI=1S/C22H34N4O3/c1-22(2,3)29-21(28)23-17-20(27)24-19-7-5-18(6-8-19)9-10-26-14-11-25(4,12-15-26)13-16-26/h5-8H,9-17H2,1-4H3/p+2. The van der Waals surface area contributed by atoms with Gasteiger partial charge in [-0.1, -0.05) is 12.1 Å². The Hall–Kier alpha value is -2.12. The Morgan fingerprint density at radius 1 is 1.00 bits per heavy atom. The summed E-state index contributed by atoms with van der Waals surface area (Å²) in [4.78, 5) is 23.6. The van der Waals surface area contributed by atoms with Gasteiger partial charge < -0.3 is 24.3 Å². The van der Waals surface area contributed by atoms with Crippen molar-refractivity contribution < 1.29 is 23.3 Å². The van der Waals surface area contributed by atoms with E-state index in [4.69, 9.17) is 4.74 Å². The second kappa shape index (κ2) is 8.32. The van der Waals surface area contributed by atoms with E-state index in [1.807, 2.05) is 12.1 Å². The highest BCUT2D eigenvalue weighted by molar-refractivity contribution is 5.93. The van der Waals surface area contributed by atoms with E-state index >= 15 is 0 Å². The average molecular weight is 405 g/mol. The number of ether oxygens (including phenoxy) is 1. The number of benzene rings is 1. The fraction of sp³-hybridized carbons (Fsp3) is 0.636. The first kappa shape index (κ1) is 21.6. The smallest absolute Gasteiger partial charge is 0.408 e. The van der Waals surface area contributed by atoms with Gasteiger partial charge in [0, 0.05) is 12.1 Å². The van der Waals surface area contributed by atoms with Crippen LogP contribution in [0.15, 0.2) is 24.3 Å². The second-order valence-electron chi connectivity index (χ2n) is 9.88. The lowest BCUT2D eigenvalue weighted by Gasteiger charge is -2.54. The van der Waals surface area contributed by atoms with E-state index in [1.165, 1.54) is 60.3 Å². The molecule has 0 aliphatic carbocycles. The van der Waals surface area contributed by atoms with Crippen molar-refractivity contribution in [3.05, 3.63) is 29.8 Å². The number of fused-ring (bicyclic) bond motifs is 3. The van der Waals surface area contributed by atoms with Crippen LogP contribution in [-0.2, 0) is 16.0 Å². The van der Waals surface area contributed by atoms with Crippen LogP contribution in [0.25, 0.3) is 0 Å². The van der Waals surface area contributed by atoms with Crippen LogP contribution in [0.5, 0.6) is 0 Å². The third-order valence-electron chi connectivity index (χ3n) is 6.25. The van der Waals surface area contributed by atoms with E-state index in [2.05, 4.69) is 29.8 Å². The highest BCUT2D eigenvalue weighted by atomic mass is 16.6. The summed E-state index contributed by atoms with van der Waals surface area (Å²) in [5, 5.41) is 5.27. The normalized spacial score (nSPS) is 26.1. The third-order valence-corrected chi connectivity index (χ3v) is 6.25. The SMILES string of the molecule is CC(C)(C)OC(=O)NCC(=O)Nc1ccc(CC[N+]23CC[N+](C)(CC2)CC3)cc1. The molecular formula is C22H36N4O3+2. The summed E-state index contributed by atoms with van der Waals surface area (Å²) in [5.74, 6) is -0.273. The van der Waals surface area contributed by atoms with Crippen LogP contribution in [0.4, 0.5) is 10.5 Å². The molecule has 0 atom stereocenters. The van der Waals surface area contributed by atoms with E-state index in [9.17, 15) is 9.59 Å². The summed E-state index contributed by atoms with van der Waals surface area (Å²) < 4.78 is 7.65. The molecule has 3 aliphatic rings. The molecule has 3 saturated heterocycles. The Bertz CT molecular complexity index is 715. The molecule has 2 N–H and O–H groups in total. The number of nitrogens with zero attached hydrogens (tertiary/aromatic N) is 2. The van der Waals surface area contributed by atoms with Gasteiger partial charge >= 0.3 is 6.09 Å². The molecule has 0 saturated carbocycles. The molecule has 7 nitrogen and oxygen atoms in total. The number of alkyl carbamates (subject to hydrolysis) is 1. The first-order chi connectivity index (χ1) is 13.6. The Labute approximate surface area is 174 Å². The van der Waals surface area contributed by atoms with Gasteiger partial charge in [0.2, 0.25) is 5.91 Å². The Balaban J connectivity index is 1.42. The average Bonchev–Trinajstić information content (AvgIpc) is 2.66. The van der Waals surface area contributed by atoms with Crippen LogP contribution in [0.2, 0.25) is 0 Å². The topological polar surface area (TPSA) is 67.4 Å². The Morgan fingerprint density at radius 3 is 2.14 bits per heavy atom. The molecule has 0 unspecified atom stereocenters. The number of nitrogens with one attached hydrogen (secondary N) is 2. The van der Waals surface area contributed by atoms with Crippen molar-refractivity contribution in [2.24, 2.45) is 0 Å². The monoisotopic (exact) mass is 404 g/mol. The molecule has 0 radical (unpaired) electrons. The number of hydrogen-bond acceptors (Lipinski definition) is 3. The van der Waals surface area contributed by atoms with Gasteiger partial charge in [-0.05, 0) is 38.5 Å². The number of hydrogen-bond donors (Lipinski definition) is 2. The van der Waals surface area contributed by atoms with Crippen LogP contribution in [-0.4, -0.2) is 86.0 Å². The van der Waals surface area contributed by atoms with E-state index in [0.29, 0.717) is 0 Å². The maximum Gasteiger partial charge on any atom is 0.408 e. The van der Waals surface area contributed by atoms with Gasteiger partial charge in [-0.3, -0.25) is 4.79 Å². The number of amides is 2. The van der Waals surface area contributed by atoms with Crippen LogP contribution < -0.4 is 10.6 Å². The number of rotatable bonds is 6. The molecule has 0 spiro atoms. The third kappa shape index (κ3) is 6.18. The molecular weight excluding hydrogens is 368 g/mol. The van der Waals surface area contributed by atoms with Crippen molar-refractivity contribution in [1.29, 1.82) is 0 Å². The molecule has 2 amide bonds. The van der Waals surface area contributed by atoms with Crippen molar-refractivity contribution in [2.45, 2.75) is 32.8 Å². The van der Waals surface area contributed by atoms with Gasteiger partial charge in [0.25, 0.3) is 0 Å². The van der Waals surface area contributed by atoms with Crippen molar-refractivity contribution in [1.82, 2.24) is 5.32 Å². The number of piperazine rings is 3. The first-order valence-corrected chi connectivity index (χ1v) is 10.6. The fourth-order valence-electron chi connectivity index (χ4n) is 4.16. The van der Waals surface area contributed by atoms with Crippen molar-refractivity contribution in [3.8, 4) is 0 Å². The lowest BCUT2D eigenvalue weighted by molar-refractivity contribution is -1.07. The molecule has 160 valence electrons. The molecule has 0 aromatic heterocycles. The molecule has 4 rings (SSSR count). The van der Waals surface area contributed by atoms with Crippen LogP contribution in [0.3, 0.4) is 0 Å². The zero-order valence-electron chi connectivity index (χ0n) is 18.3. The van der Waals surface area contributed by atoms with E-state index < -0.39 is 11.7 Å². The quantitative estimate of drug-likeness (QED) is 0.713. The highest BCUT2D eigenvalue weighted by Crippen LogP contribution is 2.25. The Kier molecular flexibility index (Phi) is 6.19. The number of carbonyl (C=O) groups excluding carboxylic acids is 2. The van der Waals surface area contributed by atoms with E-state index in [-0.39, 0.29) is 12.5 Å². The molecule has 1 aromatic rings. The maximum absolute atomic E-state index is 12.0. The highest BCUT2D eigenvalue weighted by Gasteiger charge is 2.46. The summed E-state index contributed by atoms with van der Waals surface area (Å²) in [6, 6.07) is 8.04. The van der Waals surface area contributed by atoms with Crippen molar-refractivity contribution in [2.75, 3.05) is 64.7 Å². The van der Waals surface area contributed by atoms with Gasteiger partial charge in [0.15, 0.2) is 0 Å². The summed E-state index contributed by atoms with van der Waals surface area (Å²) >= 11 is 0. The largest absolute Gasteiger partial charge is 0.444 e. The van der Waals surface area contributed by atoms with Gasteiger partial charge in [-0.25, -0.2) is 4.79 Å². The summed E-state index contributed by atoms with van der Waals surface area (Å²) in [5.41, 5.74) is 1.46. The minimum atomic E-state index is -0.593. The Morgan fingerprint density at radius 2 is 1.59 bits per heavy atom. The minimum Gasteiger partial charge on any atom is -0.444 e. The summed E-state index contributed by atoms with van der Waals surface area (Å²) in [7, 11) is 2.39. The van der Waals surface area contributed by atoms with Gasteiger partial charge in [0.1, 0.15) is 51.4 Å². The van der Waals surface area contributed by atoms with Crippen molar-refractivity contribution >= 4 is 17.7 Å². The summed E-state index contributed by atoms with van der Waals surface area (Å²) in [6.45, 7) is 14.3. The maximum atomic E-state index is 12.0. The lowest BCUT2D eigenvalue weighted by atomic mass is 10.1. The van der Waals surface area contributed by atoms with E-state index in [0.717, 1.165) is 12.1 Å². The van der Waals surface area contributed by atoms with Crippen LogP contribution in [0.1, 0.15) is 26.3 Å². The fourth-order valence-corrected chi connectivity index (χ4v) is 4.16. The predicted molar refractivity (Wildman–Crippen MR) is 114 cm³/mol. The number of anilines is 1. The number of quaternary nitrogens is 2. The molecule has 3 aliphatic heterocycles. The number of likely N-dealkylation sites (N-methyl/N-ethyl adjacent to an activating group) is 1. The molecule has 2 bridgehead atoms. The lowest BCUT2D eigenvalue weighted by Crippen LogP contribution is -2.73. The summed E-state index contributed by atoms with van der Waals surface area (Å²) in [6.07, 6.45) is 0.475. The van der Waals surface area contributed by atoms with Gasteiger partial charge in [-0.15, -0.1) is 0 Å². The zero-order chi connectivity index (χ0) is 21.1. The molecule has 3 heterocycles.